The first kappa shape index (κ1) is 28.9. The Hall–Kier alpha value is -3.30. The van der Waals surface area contributed by atoms with Crippen molar-refractivity contribution in [3.8, 4) is 0 Å². The molecule has 2 N–H and O–H groups in total. The topological polar surface area (TPSA) is 128 Å². The van der Waals surface area contributed by atoms with Crippen LogP contribution in [0.3, 0.4) is 0 Å². The second kappa shape index (κ2) is 16.4. The number of rotatable bonds is 18. The van der Waals surface area contributed by atoms with E-state index in [-0.39, 0.29) is 19.6 Å². The Labute approximate surface area is 211 Å². The first-order valence-corrected chi connectivity index (χ1v) is 12.3. The number of carbonyl (C=O) groups is 4. The van der Waals surface area contributed by atoms with Crippen molar-refractivity contribution in [3.63, 3.8) is 0 Å². The minimum absolute atomic E-state index is 0.00483. The molecule has 0 unspecified atom stereocenters. The lowest BCUT2D eigenvalue weighted by molar-refractivity contribution is -0.174. The van der Waals surface area contributed by atoms with Crippen molar-refractivity contribution in [2.24, 2.45) is 0 Å². The van der Waals surface area contributed by atoms with Crippen LogP contribution in [0, 0.1) is 0 Å². The van der Waals surface area contributed by atoms with Gasteiger partial charge in [-0.05, 0) is 48.9 Å². The zero-order chi connectivity index (χ0) is 26.2. The highest BCUT2D eigenvalue weighted by atomic mass is 16.6. The van der Waals surface area contributed by atoms with Crippen LogP contribution in [-0.2, 0) is 39.8 Å². The maximum Gasteiger partial charge on any atom is 0.336 e. The molecule has 0 bridgehead atoms. The van der Waals surface area contributed by atoms with Crippen LogP contribution in [-0.4, -0.2) is 67.8 Å². The van der Waals surface area contributed by atoms with E-state index in [1.165, 1.54) is 16.3 Å². The van der Waals surface area contributed by atoms with Crippen molar-refractivity contribution in [2.75, 3.05) is 26.4 Å². The maximum atomic E-state index is 12.7. The van der Waals surface area contributed by atoms with E-state index >= 15 is 0 Å². The fraction of sp³-hybridized carbons (Fsp3) is 0.481. The first-order valence-electron chi connectivity index (χ1n) is 12.3. The molecule has 0 saturated carbocycles. The SMILES string of the molecule is CCOC(=O)CO[C@@H](C(=O)O)[C@@H](OCCCC=O)C(=O)NCCCCCc1ccc2ccccc2c1. The average molecular weight is 502 g/mol. The number of aldehydes is 1. The average Bonchev–Trinajstić information content (AvgIpc) is 2.87. The van der Waals surface area contributed by atoms with Gasteiger partial charge < -0.3 is 29.4 Å². The molecule has 0 aliphatic heterocycles. The number of aryl methyl sites for hydroxylation is 1. The Morgan fingerprint density at radius 3 is 2.47 bits per heavy atom. The van der Waals surface area contributed by atoms with Gasteiger partial charge in [0.25, 0.3) is 5.91 Å². The Kier molecular flexibility index (Phi) is 13.2. The molecule has 0 aromatic heterocycles. The monoisotopic (exact) mass is 501 g/mol. The molecule has 0 radical (unpaired) electrons. The summed E-state index contributed by atoms with van der Waals surface area (Å²) in [5.74, 6) is -2.83. The zero-order valence-electron chi connectivity index (χ0n) is 20.6. The molecule has 0 aliphatic carbocycles. The van der Waals surface area contributed by atoms with E-state index in [1.807, 2.05) is 12.1 Å². The number of aliphatic carboxylic acids is 1. The molecule has 0 heterocycles. The summed E-state index contributed by atoms with van der Waals surface area (Å²) in [5, 5.41) is 14.7. The van der Waals surface area contributed by atoms with Gasteiger partial charge in [-0.25, -0.2) is 9.59 Å². The molecular formula is C27H35NO8. The number of hydrogen-bond acceptors (Lipinski definition) is 7. The molecule has 0 saturated heterocycles. The third-order valence-corrected chi connectivity index (χ3v) is 5.48. The zero-order valence-corrected chi connectivity index (χ0v) is 20.6. The molecule has 0 aliphatic rings. The second-order valence-corrected chi connectivity index (χ2v) is 8.26. The van der Waals surface area contributed by atoms with Crippen molar-refractivity contribution >= 4 is 34.9 Å². The van der Waals surface area contributed by atoms with Crippen LogP contribution in [0.25, 0.3) is 10.8 Å². The van der Waals surface area contributed by atoms with Gasteiger partial charge in [-0.3, -0.25) is 4.79 Å². The quantitative estimate of drug-likeness (QED) is 0.181. The van der Waals surface area contributed by atoms with Gasteiger partial charge in [0.2, 0.25) is 0 Å². The van der Waals surface area contributed by atoms with Gasteiger partial charge in [-0.1, -0.05) is 48.9 Å². The van der Waals surface area contributed by atoms with E-state index in [0.29, 0.717) is 25.7 Å². The summed E-state index contributed by atoms with van der Waals surface area (Å²) in [7, 11) is 0. The fourth-order valence-electron chi connectivity index (χ4n) is 3.66. The van der Waals surface area contributed by atoms with E-state index in [1.54, 1.807) is 6.92 Å². The van der Waals surface area contributed by atoms with E-state index in [0.717, 1.165) is 19.3 Å². The highest BCUT2D eigenvalue weighted by molar-refractivity contribution is 5.88. The lowest BCUT2D eigenvalue weighted by atomic mass is 10.0. The predicted octanol–water partition coefficient (Wildman–Crippen LogP) is 3.07. The molecule has 9 heteroatoms. The van der Waals surface area contributed by atoms with Gasteiger partial charge in [-0.2, -0.15) is 0 Å². The molecule has 36 heavy (non-hydrogen) atoms. The Morgan fingerprint density at radius 2 is 1.75 bits per heavy atom. The van der Waals surface area contributed by atoms with Crippen LogP contribution in [0.5, 0.6) is 0 Å². The number of esters is 1. The second-order valence-electron chi connectivity index (χ2n) is 8.26. The number of carboxylic acids is 1. The molecule has 2 aromatic rings. The summed E-state index contributed by atoms with van der Waals surface area (Å²) in [6.07, 6.45) is 1.53. The highest BCUT2D eigenvalue weighted by Crippen LogP contribution is 2.17. The van der Waals surface area contributed by atoms with Crippen molar-refractivity contribution < 1.29 is 38.5 Å². The minimum Gasteiger partial charge on any atom is -0.479 e. The number of amides is 1. The number of carboxylic acid groups (broad SMARTS) is 1. The van der Waals surface area contributed by atoms with Crippen LogP contribution in [0.1, 0.15) is 44.6 Å². The maximum absolute atomic E-state index is 12.7. The Morgan fingerprint density at radius 1 is 0.972 bits per heavy atom. The molecule has 2 rings (SSSR count). The number of ether oxygens (including phenoxy) is 3. The van der Waals surface area contributed by atoms with E-state index in [4.69, 9.17) is 14.2 Å². The van der Waals surface area contributed by atoms with Gasteiger partial charge in [-0.15, -0.1) is 0 Å². The Balaban J connectivity index is 1.83. The van der Waals surface area contributed by atoms with Crippen molar-refractivity contribution in [1.82, 2.24) is 5.32 Å². The van der Waals surface area contributed by atoms with Crippen LogP contribution < -0.4 is 5.32 Å². The number of hydrogen-bond donors (Lipinski definition) is 2. The van der Waals surface area contributed by atoms with Gasteiger partial charge in [0.15, 0.2) is 12.2 Å². The molecule has 1 amide bonds. The summed E-state index contributed by atoms with van der Waals surface area (Å²) in [6.45, 7) is 1.44. The lowest BCUT2D eigenvalue weighted by Gasteiger charge is -2.23. The number of fused-ring (bicyclic) bond motifs is 1. The van der Waals surface area contributed by atoms with Crippen molar-refractivity contribution in [2.45, 2.75) is 57.7 Å². The van der Waals surface area contributed by atoms with E-state index in [2.05, 4.69) is 35.6 Å². The summed E-state index contributed by atoms with van der Waals surface area (Å²) in [4.78, 5) is 46.6. The highest BCUT2D eigenvalue weighted by Gasteiger charge is 2.36. The number of benzene rings is 2. The first-order chi connectivity index (χ1) is 17.5. The number of carbonyl (C=O) groups excluding carboxylic acids is 3. The number of nitrogens with one attached hydrogen (secondary N) is 1. The summed E-state index contributed by atoms with van der Waals surface area (Å²) in [5.41, 5.74) is 1.25. The molecule has 196 valence electrons. The summed E-state index contributed by atoms with van der Waals surface area (Å²) >= 11 is 0. The van der Waals surface area contributed by atoms with Crippen molar-refractivity contribution in [1.29, 1.82) is 0 Å². The van der Waals surface area contributed by atoms with Crippen molar-refractivity contribution in [3.05, 3.63) is 48.0 Å². The molecule has 2 aromatic carbocycles. The molecule has 0 fully saturated rings. The van der Waals surface area contributed by atoms with Gasteiger partial charge >= 0.3 is 11.9 Å². The molecule has 2 atom stereocenters. The normalized spacial score (nSPS) is 12.6. The molecule has 0 spiro atoms. The van der Waals surface area contributed by atoms with Crippen LogP contribution in [0.2, 0.25) is 0 Å². The smallest absolute Gasteiger partial charge is 0.336 e. The molecular weight excluding hydrogens is 466 g/mol. The van der Waals surface area contributed by atoms with Crippen LogP contribution in [0.4, 0.5) is 0 Å². The van der Waals surface area contributed by atoms with Gasteiger partial charge in [0.05, 0.1) is 6.61 Å². The third-order valence-electron chi connectivity index (χ3n) is 5.48. The summed E-state index contributed by atoms with van der Waals surface area (Å²) < 4.78 is 15.4. The third kappa shape index (κ3) is 10.1. The molecule has 9 nitrogen and oxygen atoms in total. The number of unbranched alkanes of at least 4 members (excludes halogenated alkanes) is 3. The fourth-order valence-corrected chi connectivity index (χ4v) is 3.66. The predicted molar refractivity (Wildman–Crippen MR) is 134 cm³/mol. The lowest BCUT2D eigenvalue weighted by Crippen LogP contribution is -2.49. The standard InChI is InChI=1S/C27H35NO8/c1-2-34-23(30)19-36-25(27(32)33)24(35-17-9-8-16-29)26(31)28-15-7-3-4-10-20-13-14-21-11-5-6-12-22(21)18-20/h5-6,11-14,16,18,24-25H,2-4,7-10,15,17,19H2,1H3,(H,28,31)(H,32,33)/t24-,25-/m1/s1. The van der Waals surface area contributed by atoms with Gasteiger partial charge in [0, 0.05) is 19.6 Å². The largest absolute Gasteiger partial charge is 0.479 e. The summed E-state index contributed by atoms with van der Waals surface area (Å²) in [6, 6.07) is 14.6. The van der Waals surface area contributed by atoms with Gasteiger partial charge in [0.1, 0.15) is 12.9 Å². The van der Waals surface area contributed by atoms with Crippen LogP contribution >= 0.6 is 0 Å². The minimum atomic E-state index is -1.70. The van der Waals surface area contributed by atoms with E-state index in [9.17, 15) is 24.3 Å². The Bertz CT molecular complexity index is 993. The van der Waals surface area contributed by atoms with Crippen LogP contribution in [0.15, 0.2) is 42.5 Å². The van der Waals surface area contributed by atoms with E-state index < -0.39 is 36.7 Å².